The van der Waals surface area contributed by atoms with Crippen molar-refractivity contribution in [2.45, 2.75) is 25.0 Å². The van der Waals surface area contributed by atoms with E-state index in [0.717, 1.165) is 19.5 Å². The van der Waals surface area contributed by atoms with E-state index in [-0.39, 0.29) is 12.9 Å². The first-order chi connectivity index (χ1) is 14.6. The predicted molar refractivity (Wildman–Crippen MR) is 107 cm³/mol. The number of methoxy groups -OCH3 is 1. The number of aliphatic hydroxyl groups is 1. The van der Waals surface area contributed by atoms with Gasteiger partial charge in [-0.05, 0) is 48.9 Å². The molecule has 1 saturated heterocycles. The van der Waals surface area contributed by atoms with Gasteiger partial charge in [-0.3, -0.25) is 0 Å². The molecule has 0 spiro atoms. The number of carbonyl (C=O) groups is 1. The average Bonchev–Trinajstić information content (AvgIpc) is 3.39. The first-order valence-corrected chi connectivity index (χ1v) is 10.1. The zero-order chi connectivity index (χ0) is 20.7. The number of aromatic nitrogens is 1. The van der Waals surface area contributed by atoms with Gasteiger partial charge in [0.05, 0.1) is 13.2 Å². The lowest BCUT2D eigenvalue weighted by atomic mass is 9.78. The predicted octanol–water partition coefficient (Wildman–Crippen LogP) is 2.25. The van der Waals surface area contributed by atoms with E-state index in [0.29, 0.717) is 46.9 Å². The van der Waals surface area contributed by atoms with Gasteiger partial charge in [-0.15, -0.1) is 0 Å². The van der Waals surface area contributed by atoms with E-state index in [1.165, 1.54) is 7.11 Å². The Morgan fingerprint density at radius 1 is 1.17 bits per heavy atom. The Morgan fingerprint density at radius 2 is 1.97 bits per heavy atom. The molecule has 3 heterocycles. The second-order valence-corrected chi connectivity index (χ2v) is 8.00. The number of carbonyl (C=O) groups excluding carboxylic acids is 1. The summed E-state index contributed by atoms with van der Waals surface area (Å²) in [5, 5.41) is 10.7. The normalized spacial score (nSPS) is 26.9. The number of nitrogens with zero attached hydrogens (tertiary/aromatic N) is 2. The van der Waals surface area contributed by atoms with E-state index in [2.05, 4.69) is 9.88 Å². The molecule has 1 N–H and O–H groups in total. The first kappa shape index (κ1) is 19.0. The van der Waals surface area contributed by atoms with Crippen LogP contribution >= 0.6 is 0 Å². The molecule has 0 amide bonds. The van der Waals surface area contributed by atoms with Crippen molar-refractivity contribution in [2.75, 3.05) is 31.9 Å². The maximum atomic E-state index is 12.1. The van der Waals surface area contributed by atoms with E-state index in [1.54, 1.807) is 24.4 Å². The van der Waals surface area contributed by atoms with Crippen LogP contribution in [0.15, 0.2) is 36.5 Å². The van der Waals surface area contributed by atoms with Crippen LogP contribution in [0.5, 0.6) is 17.2 Å². The van der Waals surface area contributed by atoms with Gasteiger partial charge in [0.1, 0.15) is 23.2 Å². The van der Waals surface area contributed by atoms with Crippen LogP contribution < -0.4 is 19.1 Å². The van der Waals surface area contributed by atoms with Crippen LogP contribution in [0.25, 0.3) is 0 Å². The third-order valence-corrected chi connectivity index (χ3v) is 6.21. The fourth-order valence-electron chi connectivity index (χ4n) is 4.73. The smallest absolute Gasteiger partial charge is 0.341 e. The van der Waals surface area contributed by atoms with Gasteiger partial charge in [0.25, 0.3) is 0 Å². The van der Waals surface area contributed by atoms with Crippen molar-refractivity contribution in [3.8, 4) is 17.2 Å². The topological polar surface area (TPSA) is 90.4 Å². The minimum absolute atomic E-state index is 0.214. The molecule has 0 radical (unpaired) electrons. The van der Waals surface area contributed by atoms with Crippen LogP contribution in [0.3, 0.4) is 0 Å². The van der Waals surface area contributed by atoms with Crippen molar-refractivity contribution in [2.24, 2.45) is 11.8 Å². The summed E-state index contributed by atoms with van der Waals surface area (Å²) in [4.78, 5) is 18.7. The molecule has 1 aliphatic carbocycles. The summed E-state index contributed by atoms with van der Waals surface area (Å²) < 4.78 is 21.8. The highest BCUT2D eigenvalue weighted by Crippen LogP contribution is 2.41. The summed E-state index contributed by atoms with van der Waals surface area (Å²) in [6.45, 7) is 1.73. The van der Waals surface area contributed by atoms with Crippen molar-refractivity contribution in [1.29, 1.82) is 0 Å². The van der Waals surface area contributed by atoms with Gasteiger partial charge in [-0.25, -0.2) is 9.78 Å². The zero-order valence-electron chi connectivity index (χ0n) is 16.7. The van der Waals surface area contributed by atoms with E-state index in [9.17, 15) is 9.90 Å². The highest BCUT2D eigenvalue weighted by atomic mass is 16.7. The van der Waals surface area contributed by atoms with Crippen molar-refractivity contribution in [3.05, 3.63) is 42.1 Å². The molecular formula is C22H24N2O6. The van der Waals surface area contributed by atoms with Crippen molar-refractivity contribution in [3.63, 3.8) is 0 Å². The van der Waals surface area contributed by atoms with Gasteiger partial charge in [0, 0.05) is 25.4 Å². The number of ether oxygens (including phenoxy) is 4. The van der Waals surface area contributed by atoms with E-state index < -0.39 is 12.1 Å². The number of rotatable bonds is 4. The Morgan fingerprint density at radius 3 is 2.80 bits per heavy atom. The lowest BCUT2D eigenvalue weighted by Gasteiger charge is -2.35. The SMILES string of the molecule is COC(=O)c1cccnc1N1C[C@H]2C[C@@H](Oc3ccc4c(c3)OCO4)[C@H](O)C[C@H]2C1. The molecule has 4 atom stereocenters. The fourth-order valence-corrected chi connectivity index (χ4v) is 4.73. The molecule has 2 fully saturated rings. The third kappa shape index (κ3) is 3.41. The summed E-state index contributed by atoms with van der Waals surface area (Å²) in [5.41, 5.74) is 0.465. The molecule has 2 aliphatic heterocycles. The van der Waals surface area contributed by atoms with Gasteiger partial charge in [0.15, 0.2) is 11.5 Å². The lowest BCUT2D eigenvalue weighted by molar-refractivity contribution is -0.0232. The molecule has 8 heteroatoms. The highest BCUT2D eigenvalue weighted by molar-refractivity contribution is 5.94. The second-order valence-electron chi connectivity index (χ2n) is 8.00. The average molecular weight is 412 g/mol. The second kappa shape index (κ2) is 7.68. The van der Waals surface area contributed by atoms with Crippen LogP contribution in [0.1, 0.15) is 23.2 Å². The van der Waals surface area contributed by atoms with Crippen LogP contribution in [0.2, 0.25) is 0 Å². The molecule has 0 bridgehead atoms. The van der Waals surface area contributed by atoms with Gasteiger partial charge in [0.2, 0.25) is 6.79 Å². The Labute approximate surface area is 174 Å². The molecule has 3 aliphatic rings. The highest BCUT2D eigenvalue weighted by Gasteiger charge is 2.43. The molecule has 1 saturated carbocycles. The fraction of sp³-hybridized carbons (Fsp3) is 0.455. The molecule has 8 nitrogen and oxygen atoms in total. The minimum Gasteiger partial charge on any atom is -0.488 e. The summed E-state index contributed by atoms with van der Waals surface area (Å²) in [5.74, 6) is 2.94. The largest absolute Gasteiger partial charge is 0.488 e. The van der Waals surface area contributed by atoms with Gasteiger partial charge < -0.3 is 29.0 Å². The van der Waals surface area contributed by atoms with Crippen LogP contribution in [0.4, 0.5) is 5.82 Å². The first-order valence-electron chi connectivity index (χ1n) is 10.1. The van der Waals surface area contributed by atoms with Crippen molar-refractivity contribution >= 4 is 11.8 Å². The van der Waals surface area contributed by atoms with E-state index in [4.69, 9.17) is 18.9 Å². The number of fused-ring (bicyclic) bond motifs is 2. The third-order valence-electron chi connectivity index (χ3n) is 6.21. The summed E-state index contributed by atoms with van der Waals surface area (Å²) >= 11 is 0. The molecule has 2 aromatic rings. The van der Waals surface area contributed by atoms with Gasteiger partial charge in [-0.2, -0.15) is 0 Å². The maximum absolute atomic E-state index is 12.1. The molecule has 158 valence electrons. The Bertz CT molecular complexity index is 951. The van der Waals surface area contributed by atoms with Gasteiger partial charge >= 0.3 is 5.97 Å². The number of benzene rings is 1. The lowest BCUT2D eigenvalue weighted by Crippen LogP contribution is -2.42. The molecule has 1 aromatic heterocycles. The Kier molecular flexibility index (Phi) is 4.86. The Balaban J connectivity index is 1.30. The summed E-state index contributed by atoms with van der Waals surface area (Å²) in [7, 11) is 1.37. The monoisotopic (exact) mass is 412 g/mol. The van der Waals surface area contributed by atoms with Crippen molar-refractivity contribution < 1.29 is 28.8 Å². The number of anilines is 1. The van der Waals surface area contributed by atoms with Crippen molar-refractivity contribution in [1.82, 2.24) is 4.98 Å². The Hall–Kier alpha value is -3.00. The maximum Gasteiger partial charge on any atom is 0.341 e. The van der Waals surface area contributed by atoms with E-state index >= 15 is 0 Å². The molecular weight excluding hydrogens is 388 g/mol. The summed E-state index contributed by atoms with van der Waals surface area (Å²) in [6.07, 6.45) is 2.22. The zero-order valence-corrected chi connectivity index (χ0v) is 16.7. The van der Waals surface area contributed by atoms with Crippen LogP contribution in [-0.4, -0.2) is 55.3 Å². The number of pyridine rings is 1. The van der Waals surface area contributed by atoms with Crippen LogP contribution in [0, 0.1) is 11.8 Å². The number of esters is 1. The standard InChI is InChI=1S/C22H24N2O6/c1-27-22(26)16-3-2-6-23-21(16)24-10-13-7-17(25)19(8-14(13)11-24)30-15-4-5-18-20(9-15)29-12-28-18/h2-6,9,13-14,17,19,25H,7-8,10-12H2,1H3/t13-,14+,17+,19+/m0/s1. The number of hydrogen-bond donors (Lipinski definition) is 1. The number of aliphatic hydroxyl groups excluding tert-OH is 1. The van der Waals surface area contributed by atoms with Gasteiger partial charge in [-0.1, -0.05) is 0 Å². The molecule has 30 heavy (non-hydrogen) atoms. The number of hydrogen-bond acceptors (Lipinski definition) is 8. The molecule has 0 unspecified atom stereocenters. The van der Waals surface area contributed by atoms with Crippen LogP contribution in [-0.2, 0) is 4.74 Å². The van der Waals surface area contributed by atoms with E-state index in [1.807, 2.05) is 12.1 Å². The summed E-state index contributed by atoms with van der Waals surface area (Å²) in [6, 6.07) is 8.93. The quantitative estimate of drug-likeness (QED) is 0.765. The minimum atomic E-state index is -0.555. The molecule has 5 rings (SSSR count). The molecule has 1 aromatic carbocycles.